The third-order valence-corrected chi connectivity index (χ3v) is 4.42. The van der Waals surface area contributed by atoms with Gasteiger partial charge in [-0.2, -0.15) is 0 Å². The largest absolute Gasteiger partial charge is 0.307 e. The van der Waals surface area contributed by atoms with Gasteiger partial charge in [0.15, 0.2) is 0 Å². The van der Waals surface area contributed by atoms with Crippen LogP contribution >= 0.6 is 0 Å². The normalized spacial score (nSPS) is 16.0. The van der Waals surface area contributed by atoms with Crippen molar-refractivity contribution in [2.75, 3.05) is 0 Å². The lowest BCUT2D eigenvalue weighted by molar-refractivity contribution is -0.131. The van der Waals surface area contributed by atoms with Gasteiger partial charge in [-0.25, -0.2) is 14.9 Å². The minimum Gasteiger partial charge on any atom is -0.307 e. The van der Waals surface area contributed by atoms with Crippen molar-refractivity contribution in [2.24, 2.45) is 5.92 Å². The quantitative estimate of drug-likeness (QED) is 0.544. The van der Waals surface area contributed by atoms with E-state index in [0.29, 0.717) is 5.56 Å². The van der Waals surface area contributed by atoms with E-state index in [1.807, 2.05) is 41.1 Å². The van der Waals surface area contributed by atoms with Crippen molar-refractivity contribution in [1.29, 1.82) is 0 Å². The van der Waals surface area contributed by atoms with Gasteiger partial charge in [-0.3, -0.25) is 10.0 Å². The fourth-order valence-corrected chi connectivity index (χ4v) is 2.91. The Kier molecular flexibility index (Phi) is 5.43. The van der Waals surface area contributed by atoms with E-state index in [1.54, 1.807) is 30.7 Å². The van der Waals surface area contributed by atoms with Gasteiger partial charge in [-0.05, 0) is 54.7 Å². The first-order chi connectivity index (χ1) is 12.6. The molecule has 5 nitrogen and oxygen atoms in total. The number of aromatic nitrogens is 2. The first-order valence-corrected chi connectivity index (χ1v) is 8.37. The van der Waals surface area contributed by atoms with Gasteiger partial charge in [0.2, 0.25) is 5.91 Å². The molecule has 2 N–H and O–H groups in total. The van der Waals surface area contributed by atoms with Crippen molar-refractivity contribution in [2.45, 2.75) is 19.8 Å². The summed E-state index contributed by atoms with van der Waals surface area (Å²) in [6.45, 7) is 1.75. The predicted molar refractivity (Wildman–Crippen MR) is 97.0 cm³/mol. The van der Waals surface area contributed by atoms with Crippen LogP contribution in [-0.2, 0) is 4.79 Å². The molecule has 0 saturated carbocycles. The topological polar surface area (TPSA) is 66.6 Å². The van der Waals surface area contributed by atoms with Gasteiger partial charge in [-0.1, -0.05) is 24.3 Å². The molecule has 0 fully saturated rings. The fraction of sp³-hybridized carbons (Fsp3) is 0.200. The molecule has 2 aromatic heterocycles. The SMILES string of the molecule is Cc1ccccc1F.O=C(NO)C1C=C(c2ccn3ccnc3c2)CC1. The van der Waals surface area contributed by atoms with E-state index in [1.165, 1.54) is 6.07 Å². The van der Waals surface area contributed by atoms with E-state index in [9.17, 15) is 9.18 Å². The van der Waals surface area contributed by atoms with E-state index in [-0.39, 0.29) is 17.6 Å². The first kappa shape index (κ1) is 17.8. The van der Waals surface area contributed by atoms with Crippen molar-refractivity contribution >= 4 is 17.1 Å². The van der Waals surface area contributed by atoms with Gasteiger partial charge in [-0.15, -0.1) is 0 Å². The van der Waals surface area contributed by atoms with Crippen LogP contribution in [0.25, 0.3) is 11.2 Å². The predicted octanol–water partition coefficient (Wildman–Crippen LogP) is 3.77. The number of nitrogens with one attached hydrogen (secondary N) is 1. The molecule has 3 aromatic rings. The highest BCUT2D eigenvalue weighted by Gasteiger charge is 2.23. The molecule has 6 heteroatoms. The summed E-state index contributed by atoms with van der Waals surface area (Å²) < 4.78 is 14.3. The Labute approximate surface area is 150 Å². The molecule has 1 aliphatic rings. The summed E-state index contributed by atoms with van der Waals surface area (Å²) in [5, 5.41) is 8.62. The Balaban J connectivity index is 0.000000206. The molecule has 1 atom stereocenters. The third kappa shape index (κ3) is 3.97. The second kappa shape index (κ2) is 7.93. The number of rotatable bonds is 2. The van der Waals surface area contributed by atoms with E-state index < -0.39 is 0 Å². The molecule has 1 amide bonds. The molecular weight excluding hydrogens is 333 g/mol. The summed E-state index contributed by atoms with van der Waals surface area (Å²) in [4.78, 5) is 15.6. The van der Waals surface area contributed by atoms with Crippen LogP contribution < -0.4 is 5.48 Å². The van der Waals surface area contributed by atoms with Crippen LogP contribution in [0.1, 0.15) is 24.0 Å². The molecule has 0 bridgehead atoms. The molecular formula is C20H20FN3O2. The Morgan fingerprint density at radius 3 is 2.81 bits per heavy atom. The lowest BCUT2D eigenvalue weighted by Gasteiger charge is -2.02. The average molecular weight is 353 g/mol. The Hall–Kier alpha value is -2.99. The third-order valence-electron chi connectivity index (χ3n) is 4.42. The van der Waals surface area contributed by atoms with Crippen LogP contribution in [0, 0.1) is 18.7 Å². The van der Waals surface area contributed by atoms with E-state index in [4.69, 9.17) is 5.21 Å². The monoisotopic (exact) mass is 353 g/mol. The standard InChI is InChI=1S/C13H13N3O2.C7H7F/c17-13(15-18)11-2-1-9(7-11)10-3-5-16-6-4-14-12(16)8-10;1-6-4-2-3-5-7(6)8/h3-8,11,18H,1-2H2,(H,15,17);2-5H,1H3. The highest BCUT2D eigenvalue weighted by atomic mass is 19.1. The minimum atomic E-state index is -0.341. The number of imidazole rings is 1. The van der Waals surface area contributed by atoms with Crippen LogP contribution in [0.2, 0.25) is 0 Å². The molecule has 1 unspecified atom stereocenters. The smallest absolute Gasteiger partial charge is 0.250 e. The fourth-order valence-electron chi connectivity index (χ4n) is 2.91. The van der Waals surface area contributed by atoms with Crippen molar-refractivity contribution in [3.8, 4) is 0 Å². The van der Waals surface area contributed by atoms with Crippen LogP contribution in [0.5, 0.6) is 0 Å². The van der Waals surface area contributed by atoms with Crippen LogP contribution in [0.15, 0.2) is 61.1 Å². The number of nitrogens with zero attached hydrogens (tertiary/aromatic N) is 2. The van der Waals surface area contributed by atoms with Gasteiger partial charge in [0.25, 0.3) is 0 Å². The first-order valence-electron chi connectivity index (χ1n) is 8.37. The number of amides is 1. The number of hydrogen-bond acceptors (Lipinski definition) is 3. The van der Waals surface area contributed by atoms with Crippen LogP contribution in [0.3, 0.4) is 0 Å². The molecule has 1 aromatic carbocycles. The summed E-state index contributed by atoms with van der Waals surface area (Å²) in [5.41, 5.74) is 5.52. The number of hydrogen-bond donors (Lipinski definition) is 2. The van der Waals surface area contributed by atoms with Gasteiger partial charge in [0.1, 0.15) is 11.5 Å². The molecule has 0 spiro atoms. The van der Waals surface area contributed by atoms with E-state index in [0.717, 1.165) is 29.6 Å². The van der Waals surface area contributed by atoms with Crippen molar-refractivity contribution < 1.29 is 14.4 Å². The second-order valence-corrected chi connectivity index (χ2v) is 6.17. The van der Waals surface area contributed by atoms with Crippen LogP contribution in [0.4, 0.5) is 4.39 Å². The number of hydroxylamine groups is 1. The molecule has 0 radical (unpaired) electrons. The highest BCUT2D eigenvalue weighted by Crippen LogP contribution is 2.31. The second-order valence-electron chi connectivity index (χ2n) is 6.17. The number of carbonyl (C=O) groups excluding carboxylic acids is 1. The minimum absolute atomic E-state index is 0.132. The molecule has 26 heavy (non-hydrogen) atoms. The van der Waals surface area contributed by atoms with Crippen molar-refractivity contribution in [3.05, 3.63) is 78.0 Å². The van der Waals surface area contributed by atoms with Gasteiger partial charge >= 0.3 is 0 Å². The molecule has 134 valence electrons. The Morgan fingerprint density at radius 1 is 1.31 bits per heavy atom. The molecule has 4 rings (SSSR count). The Morgan fingerprint density at radius 2 is 2.12 bits per heavy atom. The Bertz CT molecular complexity index is 928. The number of benzene rings is 1. The lowest BCUT2D eigenvalue weighted by atomic mass is 10.1. The zero-order valence-electron chi connectivity index (χ0n) is 14.4. The molecule has 0 aliphatic heterocycles. The van der Waals surface area contributed by atoms with Gasteiger partial charge in [0.05, 0.1) is 5.92 Å². The van der Waals surface area contributed by atoms with Crippen molar-refractivity contribution in [1.82, 2.24) is 14.9 Å². The zero-order chi connectivity index (χ0) is 18.5. The summed E-state index contributed by atoms with van der Waals surface area (Å²) in [5.74, 6) is -0.708. The molecule has 0 saturated heterocycles. The van der Waals surface area contributed by atoms with E-state index >= 15 is 0 Å². The van der Waals surface area contributed by atoms with Crippen LogP contribution in [-0.4, -0.2) is 20.5 Å². The summed E-state index contributed by atoms with van der Waals surface area (Å²) >= 11 is 0. The maximum atomic E-state index is 12.3. The number of aryl methyl sites for hydroxylation is 1. The number of fused-ring (bicyclic) bond motifs is 1. The maximum absolute atomic E-state index is 12.3. The molecule has 2 heterocycles. The maximum Gasteiger partial charge on any atom is 0.250 e. The van der Waals surface area contributed by atoms with Gasteiger partial charge in [0, 0.05) is 18.6 Å². The number of pyridine rings is 1. The number of halogens is 1. The zero-order valence-corrected chi connectivity index (χ0v) is 14.4. The summed E-state index contributed by atoms with van der Waals surface area (Å²) in [6.07, 6.45) is 9.10. The highest BCUT2D eigenvalue weighted by molar-refractivity contribution is 5.84. The van der Waals surface area contributed by atoms with E-state index in [2.05, 4.69) is 4.98 Å². The van der Waals surface area contributed by atoms with Gasteiger partial charge < -0.3 is 4.40 Å². The summed E-state index contributed by atoms with van der Waals surface area (Å²) in [7, 11) is 0. The molecule has 1 aliphatic carbocycles. The average Bonchev–Trinajstić information content (AvgIpc) is 3.32. The number of allylic oxidation sites excluding steroid dienone is 1. The van der Waals surface area contributed by atoms with Crippen molar-refractivity contribution in [3.63, 3.8) is 0 Å². The summed E-state index contributed by atoms with van der Waals surface area (Å²) in [6, 6.07) is 10.7. The number of carbonyl (C=O) groups is 1. The lowest BCUT2D eigenvalue weighted by Crippen LogP contribution is -2.25.